The topological polar surface area (TPSA) is 92.0 Å². The molecule has 0 spiro atoms. The van der Waals surface area contributed by atoms with Gasteiger partial charge in [0.1, 0.15) is 11.9 Å². The molecule has 0 aliphatic carbocycles. The first-order chi connectivity index (χ1) is 20.1. The smallest absolute Gasteiger partial charge is 0.251 e. The summed E-state index contributed by atoms with van der Waals surface area (Å²) in [6.45, 7) is 12.2. The van der Waals surface area contributed by atoms with E-state index in [1.807, 2.05) is 30.3 Å². The van der Waals surface area contributed by atoms with Gasteiger partial charge >= 0.3 is 0 Å². The maximum absolute atomic E-state index is 13.3. The monoisotopic (exact) mass is 561 g/mol. The Hall–Kier alpha value is -2.98. The molecular formula is C32H43N5O4. The van der Waals surface area contributed by atoms with Crippen molar-refractivity contribution in [1.29, 1.82) is 0 Å². The van der Waals surface area contributed by atoms with Gasteiger partial charge in [-0.05, 0) is 68.1 Å². The number of aromatic amines is 1. The molecule has 1 amide bonds. The summed E-state index contributed by atoms with van der Waals surface area (Å²) in [5.41, 5.74) is 3.32. The van der Waals surface area contributed by atoms with E-state index < -0.39 is 0 Å². The second-order valence-electron chi connectivity index (χ2n) is 11.6. The molecule has 3 aliphatic heterocycles. The van der Waals surface area contributed by atoms with Crippen LogP contribution in [-0.2, 0) is 9.47 Å². The van der Waals surface area contributed by atoms with Gasteiger partial charge in [0.05, 0.1) is 43.7 Å². The number of piperidine rings is 1. The van der Waals surface area contributed by atoms with E-state index in [-0.39, 0.29) is 17.6 Å². The molecular weight excluding hydrogens is 518 g/mol. The molecule has 2 N–H and O–H groups in total. The molecule has 41 heavy (non-hydrogen) atoms. The molecule has 6 rings (SSSR count). The number of hydrogen-bond donors (Lipinski definition) is 2. The Morgan fingerprint density at radius 3 is 2.41 bits per heavy atom. The van der Waals surface area contributed by atoms with E-state index in [1.165, 1.54) is 0 Å². The quantitative estimate of drug-likeness (QED) is 0.385. The predicted octanol–water partition coefficient (Wildman–Crippen LogP) is 4.09. The molecule has 3 saturated heterocycles. The number of hydrogen-bond acceptors (Lipinski definition) is 7. The molecule has 4 heterocycles. The average molecular weight is 562 g/mol. The molecule has 220 valence electrons. The van der Waals surface area contributed by atoms with Gasteiger partial charge in [-0.1, -0.05) is 13.8 Å². The zero-order valence-electron chi connectivity index (χ0n) is 24.4. The lowest BCUT2D eigenvalue weighted by Crippen LogP contribution is -2.58. The van der Waals surface area contributed by atoms with Crippen LogP contribution in [0.2, 0.25) is 0 Å². The summed E-state index contributed by atoms with van der Waals surface area (Å²) in [5, 5.41) is 11.9. The van der Waals surface area contributed by atoms with Crippen LogP contribution in [-0.4, -0.2) is 103 Å². The zero-order valence-corrected chi connectivity index (χ0v) is 24.4. The minimum Gasteiger partial charge on any atom is -0.490 e. The van der Waals surface area contributed by atoms with Gasteiger partial charge in [0.25, 0.3) is 5.91 Å². The molecule has 0 unspecified atom stereocenters. The fourth-order valence-corrected chi connectivity index (χ4v) is 6.50. The Labute approximate surface area is 242 Å². The van der Waals surface area contributed by atoms with Crippen molar-refractivity contribution in [2.45, 2.75) is 57.2 Å². The first-order valence-electron chi connectivity index (χ1n) is 15.3. The van der Waals surface area contributed by atoms with E-state index in [9.17, 15) is 4.79 Å². The standard InChI is InChI=1S/C32H43N5O4/c1-3-32(4-2,37-15-17-39-18-16-37)22-33-31(38)24-7-10-29-28(19-24)30(35-34-29)23-5-8-26(9-6-23)41-27-11-13-36(14-12-27)25-20-40-21-25/h5-10,19,25,27H,3-4,11-18,20-22H2,1-2H3,(H,33,38)(H,34,35). The number of carbonyl (C=O) groups is 1. The Bertz CT molecular complexity index is 1300. The lowest BCUT2D eigenvalue weighted by atomic mass is 9.89. The van der Waals surface area contributed by atoms with E-state index in [2.05, 4.69) is 51.3 Å². The van der Waals surface area contributed by atoms with Crippen molar-refractivity contribution >= 4 is 16.8 Å². The number of H-pyrrole nitrogens is 1. The summed E-state index contributed by atoms with van der Waals surface area (Å²) < 4.78 is 17.2. The van der Waals surface area contributed by atoms with Crippen molar-refractivity contribution in [3.8, 4) is 17.0 Å². The highest BCUT2D eigenvalue weighted by Crippen LogP contribution is 2.30. The van der Waals surface area contributed by atoms with Crippen LogP contribution in [0.1, 0.15) is 49.9 Å². The second kappa shape index (κ2) is 12.5. The van der Waals surface area contributed by atoms with Gasteiger partial charge in [-0.15, -0.1) is 0 Å². The lowest BCUT2D eigenvalue weighted by molar-refractivity contribution is -0.0778. The normalized spacial score (nSPS) is 19.8. The molecule has 1 aromatic heterocycles. The summed E-state index contributed by atoms with van der Waals surface area (Å²) in [7, 11) is 0. The fraction of sp³-hybridized carbons (Fsp3) is 0.562. The molecule has 3 aliphatic rings. The molecule has 0 saturated carbocycles. The van der Waals surface area contributed by atoms with Gasteiger partial charge in [0.2, 0.25) is 0 Å². The number of carbonyl (C=O) groups excluding carboxylic acids is 1. The predicted molar refractivity (Wildman–Crippen MR) is 159 cm³/mol. The van der Waals surface area contributed by atoms with Crippen LogP contribution in [0.3, 0.4) is 0 Å². The molecule has 0 atom stereocenters. The number of benzene rings is 2. The van der Waals surface area contributed by atoms with E-state index in [0.717, 1.165) is 106 Å². The summed E-state index contributed by atoms with van der Waals surface area (Å²) in [5.74, 6) is 0.827. The number of nitrogens with zero attached hydrogens (tertiary/aromatic N) is 3. The van der Waals surface area contributed by atoms with Crippen LogP contribution in [0.25, 0.3) is 22.2 Å². The van der Waals surface area contributed by atoms with E-state index in [4.69, 9.17) is 14.2 Å². The number of ether oxygens (including phenoxy) is 3. The van der Waals surface area contributed by atoms with Gasteiger partial charge in [-0.2, -0.15) is 5.10 Å². The third-order valence-corrected chi connectivity index (χ3v) is 9.45. The van der Waals surface area contributed by atoms with E-state index in [1.54, 1.807) is 0 Å². The van der Waals surface area contributed by atoms with Crippen molar-refractivity contribution in [3.63, 3.8) is 0 Å². The highest BCUT2D eigenvalue weighted by molar-refractivity contribution is 6.01. The maximum atomic E-state index is 13.3. The minimum atomic E-state index is -0.0588. The number of rotatable bonds is 10. The Morgan fingerprint density at radius 1 is 1.02 bits per heavy atom. The van der Waals surface area contributed by atoms with Crippen molar-refractivity contribution < 1.29 is 19.0 Å². The molecule has 2 aromatic carbocycles. The van der Waals surface area contributed by atoms with Crippen LogP contribution in [0, 0.1) is 0 Å². The van der Waals surface area contributed by atoms with Crippen LogP contribution in [0.4, 0.5) is 0 Å². The largest absolute Gasteiger partial charge is 0.490 e. The summed E-state index contributed by atoms with van der Waals surface area (Å²) >= 11 is 0. The lowest BCUT2D eigenvalue weighted by Gasteiger charge is -2.45. The van der Waals surface area contributed by atoms with Crippen molar-refractivity contribution in [2.24, 2.45) is 0 Å². The van der Waals surface area contributed by atoms with Gasteiger partial charge in [0.15, 0.2) is 0 Å². The maximum Gasteiger partial charge on any atom is 0.251 e. The number of amides is 1. The summed E-state index contributed by atoms with van der Waals surface area (Å²) in [6.07, 6.45) is 4.27. The molecule has 0 radical (unpaired) electrons. The number of fused-ring (bicyclic) bond motifs is 1. The van der Waals surface area contributed by atoms with Crippen molar-refractivity contribution in [1.82, 2.24) is 25.3 Å². The zero-order chi connectivity index (χ0) is 28.2. The SMILES string of the molecule is CCC(CC)(CNC(=O)c1ccc2[nH]nc(-c3ccc(OC4CCN(C5COC5)CC4)cc3)c2c1)N1CCOCC1. The number of aromatic nitrogens is 2. The number of likely N-dealkylation sites (tertiary alicyclic amines) is 1. The first kappa shape index (κ1) is 28.2. The second-order valence-corrected chi connectivity index (χ2v) is 11.6. The highest BCUT2D eigenvalue weighted by Gasteiger charge is 2.35. The molecule has 3 aromatic rings. The van der Waals surface area contributed by atoms with Crippen LogP contribution in [0.15, 0.2) is 42.5 Å². The third-order valence-electron chi connectivity index (χ3n) is 9.45. The third kappa shape index (κ3) is 6.00. The fourth-order valence-electron chi connectivity index (χ4n) is 6.50. The number of nitrogens with one attached hydrogen (secondary N) is 2. The van der Waals surface area contributed by atoms with Gasteiger partial charge in [0, 0.05) is 54.8 Å². The molecule has 0 bridgehead atoms. The Morgan fingerprint density at radius 2 is 1.76 bits per heavy atom. The summed E-state index contributed by atoms with van der Waals surface area (Å²) in [6, 6.07) is 14.5. The van der Waals surface area contributed by atoms with Crippen LogP contribution >= 0.6 is 0 Å². The Kier molecular flexibility index (Phi) is 8.57. The van der Waals surface area contributed by atoms with Gasteiger partial charge in [-0.25, -0.2) is 0 Å². The van der Waals surface area contributed by atoms with Crippen molar-refractivity contribution in [3.05, 3.63) is 48.0 Å². The minimum absolute atomic E-state index is 0.0572. The number of morpholine rings is 1. The van der Waals surface area contributed by atoms with Gasteiger partial charge < -0.3 is 19.5 Å². The van der Waals surface area contributed by atoms with Crippen LogP contribution in [0.5, 0.6) is 5.75 Å². The van der Waals surface area contributed by atoms with Crippen molar-refractivity contribution in [2.75, 3.05) is 59.2 Å². The Balaban J connectivity index is 1.10. The first-order valence-corrected chi connectivity index (χ1v) is 15.3. The van der Waals surface area contributed by atoms with Crippen LogP contribution < -0.4 is 10.1 Å². The van der Waals surface area contributed by atoms with E-state index in [0.29, 0.717) is 18.2 Å². The molecule has 9 heteroatoms. The van der Waals surface area contributed by atoms with E-state index >= 15 is 0 Å². The molecule has 9 nitrogen and oxygen atoms in total. The highest BCUT2D eigenvalue weighted by atomic mass is 16.5. The van der Waals surface area contributed by atoms with Gasteiger partial charge in [-0.3, -0.25) is 19.7 Å². The average Bonchev–Trinajstić information content (AvgIpc) is 3.42. The molecule has 3 fully saturated rings. The summed E-state index contributed by atoms with van der Waals surface area (Å²) in [4.78, 5) is 18.3.